The first-order valence-electron chi connectivity index (χ1n) is 4.86. The molecule has 7 heteroatoms. The molecule has 3 N–H and O–H groups in total. The molecule has 0 saturated carbocycles. The van der Waals surface area contributed by atoms with Crippen molar-refractivity contribution in [3.8, 4) is 0 Å². The van der Waals surface area contributed by atoms with E-state index in [1.54, 1.807) is 0 Å². The van der Waals surface area contributed by atoms with Crippen molar-refractivity contribution in [3.05, 3.63) is 39.4 Å². The molecule has 0 aromatic heterocycles. The van der Waals surface area contributed by atoms with Crippen molar-refractivity contribution in [1.29, 1.82) is 0 Å². The number of hydrogen-bond donors (Lipinski definition) is 4. The minimum Gasteiger partial charge on any atom is -0.391 e. The summed E-state index contributed by atoms with van der Waals surface area (Å²) in [6, 6.07) is 3.83. The number of aliphatic hydroxyl groups is 3. The molecule has 17 heavy (non-hydrogen) atoms. The Kier molecular flexibility index (Phi) is 4.88. The molecule has 0 fully saturated rings. The quantitative estimate of drug-likeness (QED) is 0.348. The fourth-order valence-corrected chi connectivity index (χ4v) is 1.62. The van der Waals surface area contributed by atoms with Gasteiger partial charge in [-0.1, -0.05) is 0 Å². The third-order valence-corrected chi connectivity index (χ3v) is 2.74. The van der Waals surface area contributed by atoms with Gasteiger partial charge < -0.3 is 15.3 Å². The first-order chi connectivity index (χ1) is 8.01. The Morgan fingerprint density at radius 3 is 2.53 bits per heavy atom. The Morgan fingerprint density at radius 1 is 1.41 bits per heavy atom. The summed E-state index contributed by atoms with van der Waals surface area (Å²) < 4.78 is 0. The number of nitrogens with zero attached hydrogens (tertiary/aromatic N) is 1. The summed E-state index contributed by atoms with van der Waals surface area (Å²) in [6.07, 6.45) is -2.25. The zero-order valence-corrected chi connectivity index (χ0v) is 9.75. The topological polar surface area (TPSA) is 104 Å². The van der Waals surface area contributed by atoms with Gasteiger partial charge in [-0.05, 0) is 17.7 Å². The fourth-order valence-electron chi connectivity index (χ4n) is 1.42. The molecule has 0 aliphatic heterocycles. The van der Waals surface area contributed by atoms with E-state index < -0.39 is 23.7 Å². The van der Waals surface area contributed by atoms with Crippen LogP contribution in [0.3, 0.4) is 0 Å². The molecule has 2 unspecified atom stereocenters. The minimum atomic E-state index is -1.18. The van der Waals surface area contributed by atoms with Crippen molar-refractivity contribution in [2.45, 2.75) is 18.8 Å². The van der Waals surface area contributed by atoms with E-state index in [0.29, 0.717) is 5.56 Å². The number of hydrogen-bond acceptors (Lipinski definition) is 6. The van der Waals surface area contributed by atoms with E-state index in [2.05, 4.69) is 12.6 Å². The zero-order chi connectivity index (χ0) is 13.0. The Morgan fingerprint density at radius 2 is 2.06 bits per heavy atom. The third kappa shape index (κ3) is 3.16. The number of nitro groups is 1. The van der Waals surface area contributed by atoms with Crippen molar-refractivity contribution < 1.29 is 20.2 Å². The van der Waals surface area contributed by atoms with Crippen LogP contribution in [0.2, 0.25) is 0 Å². The first-order valence-corrected chi connectivity index (χ1v) is 5.49. The Balaban J connectivity index is 3.09. The van der Waals surface area contributed by atoms with E-state index >= 15 is 0 Å². The number of nitro benzene ring substituents is 1. The fraction of sp³-hybridized carbons (Fsp3) is 0.400. The van der Waals surface area contributed by atoms with Crippen LogP contribution in [0.1, 0.15) is 17.2 Å². The molecule has 0 aliphatic carbocycles. The molecule has 2 atom stereocenters. The van der Waals surface area contributed by atoms with Gasteiger partial charge in [0.25, 0.3) is 5.69 Å². The van der Waals surface area contributed by atoms with Crippen LogP contribution in [-0.2, 0) is 6.61 Å². The van der Waals surface area contributed by atoms with Gasteiger partial charge >= 0.3 is 0 Å². The number of thiol groups is 1. The molecule has 0 radical (unpaired) electrons. The standard InChI is InChI=1S/C10H13NO5S/c12-4-7-3-6(10(14)9(13)5-17)1-2-8(7)11(15)16/h1-3,9-10,12-14,17H,4-5H2. The van der Waals surface area contributed by atoms with Crippen molar-refractivity contribution in [2.75, 3.05) is 5.75 Å². The van der Waals surface area contributed by atoms with Crippen molar-refractivity contribution in [2.24, 2.45) is 0 Å². The summed E-state index contributed by atoms with van der Waals surface area (Å²) in [5.74, 6) is 0.0621. The average molecular weight is 259 g/mol. The maximum absolute atomic E-state index is 10.6. The molecule has 1 aromatic rings. The summed E-state index contributed by atoms with van der Waals surface area (Å²) in [7, 11) is 0. The van der Waals surface area contributed by atoms with Gasteiger partial charge in [0.05, 0.1) is 23.2 Å². The lowest BCUT2D eigenvalue weighted by Crippen LogP contribution is -2.20. The average Bonchev–Trinajstić information content (AvgIpc) is 2.35. The van der Waals surface area contributed by atoms with Crippen molar-refractivity contribution in [3.63, 3.8) is 0 Å². The van der Waals surface area contributed by atoms with Crippen molar-refractivity contribution >= 4 is 18.3 Å². The molecule has 0 bridgehead atoms. The summed E-state index contributed by atoms with van der Waals surface area (Å²) >= 11 is 3.84. The highest BCUT2D eigenvalue weighted by atomic mass is 32.1. The lowest BCUT2D eigenvalue weighted by molar-refractivity contribution is -0.385. The molecule has 94 valence electrons. The first kappa shape index (κ1) is 13.9. The minimum absolute atomic E-state index is 0.0621. The summed E-state index contributed by atoms with van der Waals surface area (Å²) in [5.41, 5.74) is 0.183. The molecule has 6 nitrogen and oxygen atoms in total. The molecular weight excluding hydrogens is 246 g/mol. The van der Waals surface area contributed by atoms with E-state index in [9.17, 15) is 20.3 Å². The normalized spacial score (nSPS) is 14.4. The monoisotopic (exact) mass is 259 g/mol. The van der Waals surface area contributed by atoms with Gasteiger partial charge in [-0.15, -0.1) is 0 Å². The highest BCUT2D eigenvalue weighted by Gasteiger charge is 2.20. The molecule has 1 rings (SSSR count). The Labute approximate surface area is 103 Å². The largest absolute Gasteiger partial charge is 0.391 e. The van der Waals surface area contributed by atoms with Gasteiger partial charge in [0.1, 0.15) is 6.10 Å². The third-order valence-electron chi connectivity index (χ3n) is 2.36. The molecule has 0 aliphatic rings. The smallest absolute Gasteiger partial charge is 0.274 e. The summed E-state index contributed by atoms with van der Waals surface area (Å²) in [5, 5.41) is 38.7. The van der Waals surface area contributed by atoms with Gasteiger partial charge in [-0.2, -0.15) is 12.6 Å². The van der Waals surface area contributed by atoms with Crippen LogP contribution in [0.5, 0.6) is 0 Å². The Bertz CT molecular complexity index is 412. The lowest BCUT2D eigenvalue weighted by Gasteiger charge is -2.16. The van der Waals surface area contributed by atoms with Crippen LogP contribution in [0, 0.1) is 10.1 Å². The van der Waals surface area contributed by atoms with E-state index in [1.165, 1.54) is 18.2 Å². The predicted octanol–water partition coefficient (Wildman–Crippen LogP) is 0.411. The number of aliphatic hydroxyl groups excluding tert-OH is 3. The molecule has 1 aromatic carbocycles. The van der Waals surface area contributed by atoms with Gasteiger partial charge in [-0.25, -0.2) is 0 Å². The maximum atomic E-state index is 10.6. The second-order valence-corrected chi connectivity index (χ2v) is 3.86. The van der Waals surface area contributed by atoms with Crippen molar-refractivity contribution in [1.82, 2.24) is 0 Å². The number of benzene rings is 1. The molecule has 0 saturated heterocycles. The molecule has 0 amide bonds. The summed E-state index contributed by atoms with van der Waals surface area (Å²) in [4.78, 5) is 10.0. The highest BCUT2D eigenvalue weighted by Crippen LogP contribution is 2.25. The predicted molar refractivity (Wildman–Crippen MR) is 63.8 cm³/mol. The van der Waals surface area contributed by atoms with Gasteiger partial charge in [-0.3, -0.25) is 10.1 Å². The number of rotatable bonds is 5. The van der Waals surface area contributed by atoms with E-state index in [0.717, 1.165) is 0 Å². The second kappa shape index (κ2) is 5.97. The van der Waals surface area contributed by atoms with Crippen LogP contribution in [0.4, 0.5) is 5.69 Å². The Hall–Kier alpha value is -1.15. The highest BCUT2D eigenvalue weighted by molar-refractivity contribution is 7.80. The zero-order valence-electron chi connectivity index (χ0n) is 8.85. The van der Waals surface area contributed by atoms with Gasteiger partial charge in [0, 0.05) is 11.8 Å². The molecular formula is C10H13NO5S. The summed E-state index contributed by atoms with van der Waals surface area (Å²) in [6.45, 7) is -0.506. The second-order valence-electron chi connectivity index (χ2n) is 3.50. The van der Waals surface area contributed by atoms with Crippen LogP contribution < -0.4 is 0 Å². The van der Waals surface area contributed by atoms with Gasteiger partial charge in [0.2, 0.25) is 0 Å². The van der Waals surface area contributed by atoms with Crippen LogP contribution >= 0.6 is 12.6 Å². The van der Waals surface area contributed by atoms with Crippen LogP contribution in [0.25, 0.3) is 0 Å². The van der Waals surface area contributed by atoms with Gasteiger partial charge in [0.15, 0.2) is 0 Å². The van der Waals surface area contributed by atoms with E-state index in [-0.39, 0.29) is 17.0 Å². The maximum Gasteiger partial charge on any atom is 0.274 e. The van der Waals surface area contributed by atoms with Crippen LogP contribution in [-0.4, -0.2) is 32.1 Å². The molecule has 0 heterocycles. The van der Waals surface area contributed by atoms with Crippen LogP contribution in [0.15, 0.2) is 18.2 Å². The SMILES string of the molecule is O=[N+]([O-])c1ccc(C(O)C(O)CS)cc1CO. The van der Waals surface area contributed by atoms with E-state index in [4.69, 9.17) is 5.11 Å². The van der Waals surface area contributed by atoms with E-state index in [1.807, 2.05) is 0 Å². The lowest BCUT2D eigenvalue weighted by atomic mass is 10.0. The molecule has 0 spiro atoms.